The van der Waals surface area contributed by atoms with Crippen LogP contribution in [-0.2, 0) is 4.79 Å². The van der Waals surface area contributed by atoms with Gasteiger partial charge < -0.3 is 0 Å². The Balaban J connectivity index is 3.55. The number of rotatable bonds is 2. The van der Waals surface area contributed by atoms with Gasteiger partial charge in [-0.05, 0) is 19.8 Å². The smallest absolute Gasteiger partial charge is 0.178 e. The summed E-state index contributed by atoms with van der Waals surface area (Å²) in [5.41, 5.74) is 0.857. The lowest BCUT2D eigenvalue weighted by molar-refractivity contribution is -0.128. The van der Waals surface area contributed by atoms with Gasteiger partial charge in [-0.15, -0.1) is 0 Å². The van der Waals surface area contributed by atoms with E-state index in [0.717, 1.165) is 6.42 Å². The molecule has 2 nitrogen and oxygen atoms in total. The van der Waals surface area contributed by atoms with Crippen LogP contribution in [0.4, 0.5) is 0 Å². The largest absolute Gasteiger partial charge is 0.293 e. The van der Waals surface area contributed by atoms with Gasteiger partial charge in [-0.1, -0.05) is 51.8 Å². The molecule has 0 aromatic rings. The SMILES string of the molecule is CC=C(C)C1(C)C=C(C#N)C(=O)C(C)(C)C1CC. The van der Waals surface area contributed by atoms with E-state index in [2.05, 4.69) is 32.9 Å². The Morgan fingerprint density at radius 2 is 2.06 bits per heavy atom. The number of Topliss-reactive ketones (excluding diaryl/α,β-unsaturated/α-hetero) is 1. The van der Waals surface area contributed by atoms with Gasteiger partial charge in [-0.25, -0.2) is 0 Å². The van der Waals surface area contributed by atoms with Crippen LogP contribution in [-0.4, -0.2) is 5.78 Å². The molecule has 0 aromatic carbocycles. The Morgan fingerprint density at radius 1 is 1.50 bits per heavy atom. The van der Waals surface area contributed by atoms with E-state index in [1.807, 2.05) is 26.8 Å². The summed E-state index contributed by atoms with van der Waals surface area (Å²) in [4.78, 5) is 12.3. The third-order valence-corrected chi connectivity index (χ3v) is 4.68. The van der Waals surface area contributed by atoms with Gasteiger partial charge in [0.25, 0.3) is 0 Å². The third kappa shape index (κ3) is 1.92. The van der Waals surface area contributed by atoms with Crippen LogP contribution in [0, 0.1) is 28.1 Å². The molecule has 1 rings (SSSR count). The van der Waals surface area contributed by atoms with Crippen LogP contribution in [0.15, 0.2) is 23.3 Å². The normalized spacial score (nSPS) is 31.8. The maximum absolute atomic E-state index is 12.3. The third-order valence-electron chi connectivity index (χ3n) is 4.68. The maximum Gasteiger partial charge on any atom is 0.178 e. The predicted molar refractivity (Wildman–Crippen MR) is 73.8 cm³/mol. The molecule has 0 aliphatic heterocycles. The minimum Gasteiger partial charge on any atom is -0.293 e. The van der Waals surface area contributed by atoms with E-state index in [-0.39, 0.29) is 17.1 Å². The highest BCUT2D eigenvalue weighted by atomic mass is 16.1. The second kappa shape index (κ2) is 4.72. The van der Waals surface area contributed by atoms with Crippen molar-refractivity contribution in [2.45, 2.75) is 48.0 Å². The summed E-state index contributed by atoms with van der Waals surface area (Å²) >= 11 is 0. The van der Waals surface area contributed by atoms with Crippen molar-refractivity contribution in [2.24, 2.45) is 16.7 Å². The average Bonchev–Trinajstić information content (AvgIpc) is 2.33. The highest BCUT2D eigenvalue weighted by Gasteiger charge is 2.50. The number of allylic oxidation sites excluding steroid dienone is 4. The van der Waals surface area contributed by atoms with E-state index in [1.54, 1.807) is 0 Å². The topological polar surface area (TPSA) is 40.9 Å². The fourth-order valence-electron chi connectivity index (χ4n) is 3.44. The van der Waals surface area contributed by atoms with Crippen molar-refractivity contribution in [3.63, 3.8) is 0 Å². The van der Waals surface area contributed by atoms with Crippen molar-refractivity contribution < 1.29 is 4.79 Å². The molecule has 2 heteroatoms. The van der Waals surface area contributed by atoms with Crippen LogP contribution in [0.3, 0.4) is 0 Å². The van der Waals surface area contributed by atoms with Gasteiger partial charge in [0.05, 0.1) is 5.57 Å². The Labute approximate surface area is 110 Å². The molecule has 0 aromatic heterocycles. The molecule has 0 fully saturated rings. The molecule has 0 N–H and O–H groups in total. The first kappa shape index (κ1) is 14.7. The van der Waals surface area contributed by atoms with Crippen LogP contribution in [0.5, 0.6) is 0 Å². The first-order chi connectivity index (χ1) is 8.25. The lowest BCUT2D eigenvalue weighted by Gasteiger charge is -2.48. The van der Waals surface area contributed by atoms with Crippen molar-refractivity contribution in [1.82, 2.24) is 0 Å². The monoisotopic (exact) mass is 245 g/mol. The van der Waals surface area contributed by atoms with Gasteiger partial charge in [0.15, 0.2) is 5.78 Å². The number of nitrogens with zero attached hydrogens (tertiary/aromatic N) is 1. The second-order valence-electron chi connectivity index (χ2n) is 5.94. The van der Waals surface area contributed by atoms with Crippen molar-refractivity contribution in [3.05, 3.63) is 23.3 Å². The number of hydrogen-bond acceptors (Lipinski definition) is 2. The molecule has 2 unspecified atom stereocenters. The van der Waals surface area contributed by atoms with Crippen LogP contribution in [0.1, 0.15) is 48.0 Å². The van der Waals surface area contributed by atoms with Gasteiger partial charge in [0.2, 0.25) is 0 Å². The van der Waals surface area contributed by atoms with Gasteiger partial charge in [-0.3, -0.25) is 4.79 Å². The number of carbonyl (C=O) groups excluding carboxylic acids is 1. The van der Waals surface area contributed by atoms with E-state index in [4.69, 9.17) is 0 Å². The highest BCUT2D eigenvalue weighted by molar-refractivity contribution is 6.04. The lowest BCUT2D eigenvalue weighted by Crippen LogP contribution is -2.46. The van der Waals surface area contributed by atoms with Gasteiger partial charge in [0, 0.05) is 10.8 Å². The summed E-state index contributed by atoms with van der Waals surface area (Å²) in [5, 5.41) is 9.18. The number of carbonyl (C=O) groups is 1. The molecule has 0 amide bonds. The molecule has 1 aliphatic carbocycles. The zero-order valence-electron chi connectivity index (χ0n) is 12.3. The number of ketones is 1. The first-order valence-electron chi connectivity index (χ1n) is 6.56. The molecule has 2 atom stereocenters. The molecule has 18 heavy (non-hydrogen) atoms. The van der Waals surface area contributed by atoms with Crippen molar-refractivity contribution in [2.75, 3.05) is 0 Å². The summed E-state index contributed by atoms with van der Waals surface area (Å²) in [6.45, 7) is 12.3. The molecule has 0 spiro atoms. The highest BCUT2D eigenvalue weighted by Crippen LogP contribution is 2.52. The van der Waals surface area contributed by atoms with Crippen molar-refractivity contribution >= 4 is 5.78 Å². The minimum atomic E-state index is -0.479. The van der Waals surface area contributed by atoms with Crippen molar-refractivity contribution in [1.29, 1.82) is 5.26 Å². The average molecular weight is 245 g/mol. The molecular formula is C16H23NO. The molecule has 0 saturated heterocycles. The van der Waals surface area contributed by atoms with Gasteiger partial charge in [0.1, 0.15) is 6.07 Å². The summed E-state index contributed by atoms with van der Waals surface area (Å²) in [7, 11) is 0. The Kier molecular flexibility index (Phi) is 3.86. The van der Waals surface area contributed by atoms with E-state index in [9.17, 15) is 10.1 Å². The van der Waals surface area contributed by atoms with E-state index < -0.39 is 5.41 Å². The quantitative estimate of drug-likeness (QED) is 0.689. The summed E-state index contributed by atoms with van der Waals surface area (Å²) in [5.74, 6) is 0.212. The van der Waals surface area contributed by atoms with Crippen molar-refractivity contribution in [3.8, 4) is 6.07 Å². The fraction of sp³-hybridized carbons (Fsp3) is 0.625. The Hall–Kier alpha value is -1.36. The molecule has 98 valence electrons. The summed E-state index contributed by atoms with van der Waals surface area (Å²) < 4.78 is 0. The zero-order chi connectivity index (χ0) is 14.1. The van der Waals surface area contributed by atoms with E-state index >= 15 is 0 Å². The standard InChI is InChI=1S/C16H23NO/c1-7-11(3)16(6)9-12(10-17)14(18)15(4,5)13(16)8-2/h7,9,13H,8H2,1-6H3. The predicted octanol–water partition coefficient (Wildman–Crippen LogP) is 4.04. The number of nitriles is 1. The lowest BCUT2D eigenvalue weighted by atomic mass is 9.54. The first-order valence-corrected chi connectivity index (χ1v) is 6.56. The van der Waals surface area contributed by atoms with Gasteiger partial charge in [-0.2, -0.15) is 5.26 Å². The Bertz CT molecular complexity index is 462. The molecule has 0 heterocycles. The molecule has 0 bridgehead atoms. The second-order valence-corrected chi connectivity index (χ2v) is 5.94. The van der Waals surface area contributed by atoms with E-state index in [0.29, 0.717) is 5.57 Å². The van der Waals surface area contributed by atoms with Crippen LogP contribution >= 0.6 is 0 Å². The van der Waals surface area contributed by atoms with Gasteiger partial charge >= 0.3 is 0 Å². The molecule has 1 aliphatic rings. The number of hydrogen-bond donors (Lipinski definition) is 0. The van der Waals surface area contributed by atoms with Crippen LogP contribution in [0.25, 0.3) is 0 Å². The molecule has 0 saturated carbocycles. The summed E-state index contributed by atoms with van der Waals surface area (Å²) in [6, 6.07) is 2.07. The van der Waals surface area contributed by atoms with Crippen LogP contribution in [0.2, 0.25) is 0 Å². The Morgan fingerprint density at radius 3 is 2.44 bits per heavy atom. The minimum absolute atomic E-state index is 0.0155. The summed E-state index contributed by atoms with van der Waals surface area (Å²) in [6.07, 6.45) is 4.89. The maximum atomic E-state index is 12.3. The molecule has 0 radical (unpaired) electrons. The molecular weight excluding hydrogens is 222 g/mol. The zero-order valence-corrected chi connectivity index (χ0v) is 12.3. The van der Waals surface area contributed by atoms with E-state index in [1.165, 1.54) is 5.57 Å². The van der Waals surface area contributed by atoms with Crippen LogP contribution < -0.4 is 0 Å². The fourth-order valence-corrected chi connectivity index (χ4v) is 3.44.